The number of hydrogen-bond donors (Lipinski definition) is 0. The summed E-state index contributed by atoms with van der Waals surface area (Å²) in [4.78, 5) is 23.3. The molecule has 2 rings (SSSR count). The molecule has 0 aliphatic rings. The molecule has 0 radical (unpaired) electrons. The molecule has 2 aromatic rings. The van der Waals surface area contributed by atoms with Gasteiger partial charge in [0.25, 0.3) is 0 Å². The van der Waals surface area contributed by atoms with Gasteiger partial charge in [-0.25, -0.2) is 9.59 Å². The average Bonchev–Trinajstić information content (AvgIpc) is 2.42. The quantitative estimate of drug-likeness (QED) is 0.806. The van der Waals surface area contributed by atoms with Crippen molar-refractivity contribution in [1.29, 1.82) is 0 Å². The van der Waals surface area contributed by atoms with Crippen LogP contribution in [0, 0.1) is 0 Å². The minimum absolute atomic E-state index is 0.177. The molecular weight excluding hydrogens is 254 g/mol. The van der Waals surface area contributed by atoms with Crippen LogP contribution in [0.1, 0.15) is 0 Å². The van der Waals surface area contributed by atoms with E-state index in [0.717, 1.165) is 0 Å². The van der Waals surface area contributed by atoms with Crippen molar-refractivity contribution in [2.45, 2.75) is 0 Å². The number of aryl methyl sites for hydroxylation is 1. The maximum absolute atomic E-state index is 11.8. The molecule has 0 fully saturated rings. The Morgan fingerprint density at radius 2 is 1.68 bits per heavy atom. The molecule has 102 valence electrons. The smallest absolute Gasteiger partial charge is 0.422 e. The van der Waals surface area contributed by atoms with Crippen molar-refractivity contribution in [3.8, 4) is 17.2 Å². The summed E-state index contributed by atoms with van der Waals surface area (Å²) in [5.74, 6) is 0.0864. The molecule has 7 heteroatoms. The molecule has 0 saturated carbocycles. The van der Waals surface area contributed by atoms with Gasteiger partial charge in [-0.2, -0.15) is 0 Å². The normalized spacial score (nSPS) is 10.5. The van der Waals surface area contributed by atoms with Gasteiger partial charge in [0, 0.05) is 13.1 Å². The van der Waals surface area contributed by atoms with E-state index >= 15 is 0 Å². The van der Waals surface area contributed by atoms with Crippen LogP contribution in [0.4, 0.5) is 0 Å². The van der Waals surface area contributed by atoms with Gasteiger partial charge in [0.05, 0.1) is 26.7 Å². The standard InChI is InChI=1S/C12H13NO6/c1-13-8-6(11(14)19-12(13)15)5-7(16-2)9(17-3)10(8)18-4/h5H,1-4H3. The number of ether oxygens (including phenoxy) is 3. The van der Waals surface area contributed by atoms with Crippen molar-refractivity contribution >= 4 is 10.9 Å². The first kappa shape index (κ1) is 13.0. The van der Waals surface area contributed by atoms with Crippen LogP contribution in [0.25, 0.3) is 10.9 Å². The second kappa shape index (κ2) is 4.68. The van der Waals surface area contributed by atoms with Crippen molar-refractivity contribution in [1.82, 2.24) is 4.57 Å². The molecule has 0 saturated heterocycles. The summed E-state index contributed by atoms with van der Waals surface area (Å²) in [5.41, 5.74) is -0.459. The predicted molar refractivity (Wildman–Crippen MR) is 67.4 cm³/mol. The largest absolute Gasteiger partial charge is 0.493 e. The molecule has 0 aliphatic heterocycles. The van der Waals surface area contributed by atoms with Crippen LogP contribution in [0.2, 0.25) is 0 Å². The number of nitrogens with zero attached hydrogens (tertiary/aromatic N) is 1. The molecule has 0 aliphatic carbocycles. The SMILES string of the molecule is COc1cc2c(=O)oc(=O)n(C)c2c(OC)c1OC. The maximum Gasteiger partial charge on any atom is 0.422 e. The second-order valence-corrected chi connectivity index (χ2v) is 3.76. The lowest BCUT2D eigenvalue weighted by atomic mass is 10.2. The molecule has 0 N–H and O–H groups in total. The van der Waals surface area contributed by atoms with Crippen molar-refractivity contribution in [3.05, 3.63) is 27.0 Å². The van der Waals surface area contributed by atoms with Gasteiger partial charge in [-0.15, -0.1) is 0 Å². The lowest BCUT2D eigenvalue weighted by Crippen LogP contribution is -2.23. The van der Waals surface area contributed by atoms with Crippen LogP contribution >= 0.6 is 0 Å². The summed E-state index contributed by atoms with van der Waals surface area (Å²) in [6.45, 7) is 0. The van der Waals surface area contributed by atoms with Crippen LogP contribution in [0.3, 0.4) is 0 Å². The summed E-state index contributed by atoms with van der Waals surface area (Å²) < 4.78 is 21.4. The third-order valence-corrected chi connectivity index (χ3v) is 2.81. The Hall–Kier alpha value is -2.44. The van der Waals surface area contributed by atoms with Gasteiger partial charge in [-0.3, -0.25) is 4.57 Å². The van der Waals surface area contributed by atoms with Crippen molar-refractivity contribution in [2.75, 3.05) is 21.3 Å². The highest BCUT2D eigenvalue weighted by atomic mass is 16.5. The van der Waals surface area contributed by atoms with Gasteiger partial charge >= 0.3 is 11.4 Å². The Morgan fingerprint density at radius 1 is 1.05 bits per heavy atom. The second-order valence-electron chi connectivity index (χ2n) is 3.76. The predicted octanol–water partition coefficient (Wildman–Crippen LogP) is 0.517. The molecule has 0 spiro atoms. The number of hydrogen-bond acceptors (Lipinski definition) is 6. The maximum atomic E-state index is 11.8. The van der Waals surface area contributed by atoms with Crippen LogP contribution in [-0.4, -0.2) is 25.9 Å². The van der Waals surface area contributed by atoms with Gasteiger partial charge in [0.1, 0.15) is 5.52 Å². The molecule has 0 unspecified atom stereocenters. The van der Waals surface area contributed by atoms with E-state index in [1.165, 1.54) is 39.0 Å². The number of methoxy groups -OCH3 is 3. The molecule has 1 heterocycles. The highest BCUT2D eigenvalue weighted by Crippen LogP contribution is 2.41. The summed E-state index contributed by atoms with van der Waals surface area (Å²) in [6.07, 6.45) is 0. The van der Waals surface area contributed by atoms with Crippen molar-refractivity contribution < 1.29 is 18.6 Å². The van der Waals surface area contributed by atoms with Crippen LogP contribution in [0.5, 0.6) is 17.2 Å². The van der Waals surface area contributed by atoms with E-state index in [1.807, 2.05) is 0 Å². The molecule has 1 aromatic carbocycles. The zero-order chi connectivity index (χ0) is 14.2. The summed E-state index contributed by atoms with van der Waals surface area (Å²) in [7, 11) is 5.76. The zero-order valence-corrected chi connectivity index (χ0v) is 11.0. The van der Waals surface area contributed by atoms with Gasteiger partial charge in [-0.1, -0.05) is 0 Å². The molecule has 19 heavy (non-hydrogen) atoms. The lowest BCUT2D eigenvalue weighted by molar-refractivity contribution is 0.325. The van der Waals surface area contributed by atoms with E-state index in [0.29, 0.717) is 17.0 Å². The first-order valence-corrected chi connectivity index (χ1v) is 5.38. The Morgan fingerprint density at radius 3 is 2.21 bits per heavy atom. The minimum atomic E-state index is -0.775. The van der Waals surface area contributed by atoms with Crippen LogP contribution in [-0.2, 0) is 7.05 Å². The Bertz CT molecular complexity index is 742. The third kappa shape index (κ3) is 1.83. The summed E-state index contributed by atoms with van der Waals surface area (Å²) in [6, 6.07) is 1.45. The molecule has 1 aromatic heterocycles. The third-order valence-electron chi connectivity index (χ3n) is 2.81. The van der Waals surface area contributed by atoms with E-state index in [2.05, 4.69) is 4.42 Å². The van der Waals surface area contributed by atoms with Gasteiger partial charge in [-0.05, 0) is 0 Å². The summed E-state index contributed by atoms with van der Waals surface area (Å²) in [5, 5.41) is 0.177. The monoisotopic (exact) mass is 267 g/mol. The fourth-order valence-electron chi connectivity index (χ4n) is 1.92. The number of aromatic nitrogens is 1. The average molecular weight is 267 g/mol. The van der Waals surface area contributed by atoms with Crippen molar-refractivity contribution in [3.63, 3.8) is 0 Å². The first-order valence-electron chi connectivity index (χ1n) is 5.38. The lowest BCUT2D eigenvalue weighted by Gasteiger charge is -2.15. The van der Waals surface area contributed by atoms with Gasteiger partial charge in [0.2, 0.25) is 5.75 Å². The molecular formula is C12H13NO6. The summed E-state index contributed by atoms with van der Waals surface area (Å²) >= 11 is 0. The van der Waals surface area contributed by atoms with E-state index in [-0.39, 0.29) is 11.1 Å². The zero-order valence-electron chi connectivity index (χ0n) is 11.0. The van der Waals surface area contributed by atoms with Gasteiger partial charge in [0.15, 0.2) is 11.5 Å². The number of fused-ring (bicyclic) bond motifs is 1. The molecule has 0 amide bonds. The van der Waals surface area contributed by atoms with E-state index in [4.69, 9.17) is 14.2 Å². The van der Waals surface area contributed by atoms with E-state index in [9.17, 15) is 9.59 Å². The van der Waals surface area contributed by atoms with Gasteiger partial charge < -0.3 is 18.6 Å². The molecule has 0 atom stereocenters. The van der Waals surface area contributed by atoms with E-state index in [1.54, 1.807) is 0 Å². The van der Waals surface area contributed by atoms with Crippen LogP contribution < -0.4 is 25.6 Å². The minimum Gasteiger partial charge on any atom is -0.493 e. The van der Waals surface area contributed by atoms with Crippen LogP contribution in [0.15, 0.2) is 20.1 Å². The Labute approximate surface area is 107 Å². The molecule has 7 nitrogen and oxygen atoms in total. The Kier molecular flexibility index (Phi) is 3.20. The van der Waals surface area contributed by atoms with E-state index < -0.39 is 11.4 Å². The topological polar surface area (TPSA) is 79.9 Å². The highest BCUT2D eigenvalue weighted by Gasteiger charge is 2.21. The number of rotatable bonds is 3. The molecule has 0 bridgehead atoms. The fraction of sp³-hybridized carbons (Fsp3) is 0.333. The highest BCUT2D eigenvalue weighted by molar-refractivity contribution is 5.89. The number of benzene rings is 1. The van der Waals surface area contributed by atoms with Crippen molar-refractivity contribution in [2.24, 2.45) is 7.05 Å². The Balaban J connectivity index is 3.11. The fourth-order valence-corrected chi connectivity index (χ4v) is 1.92. The first-order chi connectivity index (χ1) is 9.04.